The standard InChI is InChI=1S/C54H83N11O9S.3C3H8/c1-10-35(4)48(43(73-8)31-45(67)65-27-15-19-42(65)49(74-9)36(5)50(69)62-41(53-57-26-29-75-53)30-38-16-12-11-13-17-38)64(7)46(68)33-59-52(71)47(34(2)3)63(6)28-24-37-20-22-39(23-21-37)60-51(70)40(61-44(66)32-55)18-14-25-58-54(56)72;3*1-3-2/h11-13,16-17,20-23,26,29,34-36,40-43,47-49H,10,14-15,18-19,24-25,27-28,30-33,55H2,1-9H3,(H,59,71)(H,60,70)(H,61,66)(H,62,69)(H3,56,58,72);3*3H2,1-2H3/t35-,36+,40-,41-,42-,43+,47?,48?,49+;;;/m0.../s1. The summed E-state index contributed by atoms with van der Waals surface area (Å²) in [7, 11) is 6.67. The number of benzene rings is 2. The zero-order valence-electron chi connectivity index (χ0n) is 53.5. The van der Waals surface area contributed by atoms with E-state index in [0.29, 0.717) is 50.9 Å². The van der Waals surface area contributed by atoms with Gasteiger partial charge in [0.15, 0.2) is 0 Å². The number of likely N-dealkylation sites (tertiary alicyclic amines) is 1. The first-order chi connectivity index (χ1) is 40.1. The fourth-order valence-electron chi connectivity index (χ4n) is 9.96. The summed E-state index contributed by atoms with van der Waals surface area (Å²) in [5.74, 6) is -2.64. The van der Waals surface area contributed by atoms with Crippen LogP contribution in [0.5, 0.6) is 0 Å². The summed E-state index contributed by atoms with van der Waals surface area (Å²) in [4.78, 5) is 102. The average Bonchev–Trinajstić information content (AvgIpc) is 3.48. The van der Waals surface area contributed by atoms with Gasteiger partial charge in [-0.3, -0.25) is 33.7 Å². The van der Waals surface area contributed by atoms with Gasteiger partial charge in [0.1, 0.15) is 11.0 Å². The summed E-state index contributed by atoms with van der Waals surface area (Å²) in [5.41, 5.74) is 13.1. The number of rotatable bonds is 31. The Kier molecular flexibility index (Phi) is 38.7. The number of nitrogens with one attached hydrogen (secondary N) is 5. The van der Waals surface area contributed by atoms with Gasteiger partial charge in [0.2, 0.25) is 35.4 Å². The minimum absolute atomic E-state index is 0.00196. The van der Waals surface area contributed by atoms with E-state index in [9.17, 15) is 33.6 Å². The molecule has 8 amide bonds. The second-order valence-electron chi connectivity index (χ2n) is 22.0. The lowest BCUT2D eigenvalue weighted by Crippen LogP contribution is -2.55. The summed E-state index contributed by atoms with van der Waals surface area (Å²) in [6, 6.07) is 13.9. The van der Waals surface area contributed by atoms with Crippen molar-refractivity contribution in [2.45, 2.75) is 189 Å². The van der Waals surface area contributed by atoms with E-state index in [1.54, 1.807) is 44.5 Å². The number of likely N-dealkylation sites (N-methyl/N-ethyl adjacent to an activating group) is 2. The van der Waals surface area contributed by atoms with Crippen molar-refractivity contribution in [2.24, 2.45) is 29.2 Å². The zero-order chi connectivity index (χ0) is 63.3. The first-order valence-electron chi connectivity index (χ1n) is 30.3. The number of aromatic nitrogens is 1. The molecule has 3 aromatic rings. The van der Waals surface area contributed by atoms with Gasteiger partial charge in [0.25, 0.3) is 0 Å². The lowest BCUT2D eigenvalue weighted by atomic mass is 9.90. The van der Waals surface area contributed by atoms with E-state index < -0.39 is 54.1 Å². The second kappa shape index (κ2) is 42.7. The van der Waals surface area contributed by atoms with Crippen molar-refractivity contribution < 1.29 is 43.0 Å². The van der Waals surface area contributed by atoms with Gasteiger partial charge >= 0.3 is 6.03 Å². The Morgan fingerprint density at radius 3 is 1.98 bits per heavy atom. The summed E-state index contributed by atoms with van der Waals surface area (Å²) in [6.07, 6.45) is 8.14. The molecule has 1 aromatic heterocycles. The van der Waals surface area contributed by atoms with E-state index in [0.717, 1.165) is 22.6 Å². The van der Waals surface area contributed by atoms with Crippen LogP contribution in [0.2, 0.25) is 0 Å². The molecule has 21 heteroatoms. The van der Waals surface area contributed by atoms with Crippen LogP contribution in [0.3, 0.4) is 0 Å². The van der Waals surface area contributed by atoms with E-state index in [1.165, 1.54) is 30.6 Å². The molecule has 2 unspecified atom stereocenters. The third-order valence-electron chi connectivity index (χ3n) is 14.2. The Balaban J connectivity index is 0.00000367. The highest BCUT2D eigenvalue weighted by Crippen LogP contribution is 2.30. The number of ether oxygens (including phenoxy) is 2. The number of carbonyl (C=O) groups excluding carboxylic acids is 7. The lowest BCUT2D eigenvalue weighted by molar-refractivity contribution is -0.146. The van der Waals surface area contributed by atoms with Crippen LogP contribution in [-0.2, 0) is 51.1 Å². The predicted octanol–water partition coefficient (Wildman–Crippen LogP) is 7.86. The number of urea groups is 1. The lowest BCUT2D eigenvalue weighted by Gasteiger charge is -2.39. The van der Waals surface area contributed by atoms with Crippen LogP contribution >= 0.6 is 11.3 Å². The van der Waals surface area contributed by atoms with Crippen molar-refractivity contribution in [2.75, 3.05) is 66.4 Å². The fraction of sp³-hybridized carbons (Fsp3) is 0.651. The average molecular weight is 1190 g/mol. The van der Waals surface area contributed by atoms with Crippen LogP contribution in [0.1, 0.15) is 156 Å². The summed E-state index contributed by atoms with van der Waals surface area (Å²) in [5, 5.41) is 16.7. The van der Waals surface area contributed by atoms with Crippen molar-refractivity contribution in [3.63, 3.8) is 0 Å². The number of hydrogen-bond donors (Lipinski definition) is 7. The summed E-state index contributed by atoms with van der Waals surface area (Å²) in [6.45, 7) is 23.2. The summed E-state index contributed by atoms with van der Waals surface area (Å²) < 4.78 is 12.1. The maximum absolute atomic E-state index is 14.4. The quantitative estimate of drug-likeness (QED) is 0.0304. The van der Waals surface area contributed by atoms with E-state index in [-0.39, 0.29) is 80.0 Å². The van der Waals surface area contributed by atoms with Gasteiger partial charge in [-0.25, -0.2) is 9.78 Å². The molecule has 0 aliphatic carbocycles. The van der Waals surface area contributed by atoms with Crippen molar-refractivity contribution in [3.05, 3.63) is 82.3 Å². The normalized spacial score (nSPS) is 15.5. The minimum Gasteiger partial charge on any atom is -0.379 e. The fourth-order valence-corrected chi connectivity index (χ4v) is 10.6. The topological polar surface area (TPSA) is 273 Å². The van der Waals surface area contributed by atoms with Crippen LogP contribution < -0.4 is 38.1 Å². The smallest absolute Gasteiger partial charge is 0.312 e. The highest BCUT2D eigenvalue weighted by Gasteiger charge is 2.42. The molecule has 0 spiro atoms. The molecule has 1 fully saturated rings. The Morgan fingerprint density at radius 2 is 1.44 bits per heavy atom. The van der Waals surface area contributed by atoms with E-state index in [2.05, 4.69) is 73.1 Å². The van der Waals surface area contributed by atoms with Crippen molar-refractivity contribution in [3.8, 4) is 0 Å². The first-order valence-corrected chi connectivity index (χ1v) is 31.2. The minimum atomic E-state index is -0.874. The van der Waals surface area contributed by atoms with Gasteiger partial charge in [-0.05, 0) is 80.7 Å². The van der Waals surface area contributed by atoms with Crippen LogP contribution in [0, 0.1) is 17.8 Å². The first kappa shape index (κ1) is 76.0. The number of nitrogens with two attached hydrogens (primary N) is 2. The summed E-state index contributed by atoms with van der Waals surface area (Å²) >= 11 is 1.49. The molecule has 1 aliphatic heterocycles. The van der Waals surface area contributed by atoms with Crippen LogP contribution in [-0.4, -0.2) is 159 Å². The van der Waals surface area contributed by atoms with Crippen molar-refractivity contribution >= 4 is 58.5 Å². The molecule has 0 radical (unpaired) electrons. The van der Waals surface area contributed by atoms with Gasteiger partial charge in [-0.1, -0.05) is 144 Å². The Morgan fingerprint density at radius 1 is 0.810 bits per heavy atom. The Labute approximate surface area is 507 Å². The molecule has 1 aliphatic rings. The molecule has 4 rings (SSSR count). The van der Waals surface area contributed by atoms with Gasteiger partial charge in [-0.15, -0.1) is 11.3 Å². The van der Waals surface area contributed by atoms with Gasteiger partial charge in [0, 0.05) is 58.2 Å². The number of nitrogens with zero attached hydrogens (tertiary/aromatic N) is 4. The van der Waals surface area contributed by atoms with Crippen LogP contribution in [0.15, 0.2) is 66.2 Å². The molecular weight excluding hydrogens is 1090 g/mol. The predicted molar refractivity (Wildman–Crippen MR) is 338 cm³/mol. The zero-order valence-corrected chi connectivity index (χ0v) is 54.3. The SMILES string of the molecule is CCC.CCC.CCC.CC[C@H](C)C([C@@H](CC(=O)N1CCC[C@H]1[C@H](OC)[C@@H](C)C(=O)N[C@@H](Cc1ccccc1)c1nccs1)OC)N(C)C(=O)CNC(=O)C(C(C)C)N(C)CCc1ccc(NC(=O)[C@H](CCCNC(N)=O)NC(=O)CN)cc1. The largest absolute Gasteiger partial charge is 0.379 e. The molecule has 1 saturated heterocycles. The molecule has 0 bridgehead atoms. The van der Waals surface area contributed by atoms with Gasteiger partial charge < -0.3 is 57.3 Å². The molecular formula is C63H107N11O9S. The van der Waals surface area contributed by atoms with E-state index in [4.69, 9.17) is 20.9 Å². The number of hydrogen-bond acceptors (Lipinski definition) is 13. The Bertz CT molecular complexity index is 2330. The molecule has 2 aromatic carbocycles. The maximum Gasteiger partial charge on any atom is 0.312 e. The molecule has 9 N–H and O–H groups in total. The Hall–Kier alpha value is -6.00. The van der Waals surface area contributed by atoms with Crippen molar-refractivity contribution in [1.82, 2.24) is 41.0 Å². The monoisotopic (exact) mass is 1190 g/mol. The molecule has 9 atom stereocenters. The highest BCUT2D eigenvalue weighted by atomic mass is 32.1. The molecule has 20 nitrogen and oxygen atoms in total. The molecule has 474 valence electrons. The maximum atomic E-state index is 14.4. The number of primary amides is 1. The van der Waals surface area contributed by atoms with Crippen molar-refractivity contribution in [1.29, 1.82) is 0 Å². The van der Waals surface area contributed by atoms with Crippen LogP contribution in [0.4, 0.5) is 10.5 Å². The number of thiazole rings is 1. The third-order valence-corrected chi connectivity index (χ3v) is 15.1. The number of methoxy groups -OCH3 is 2. The van der Waals surface area contributed by atoms with Crippen LogP contribution in [0.25, 0.3) is 0 Å². The van der Waals surface area contributed by atoms with E-state index in [1.807, 2.05) is 99.3 Å². The number of anilines is 1. The number of carbonyl (C=O) groups is 7. The molecule has 0 saturated carbocycles. The van der Waals surface area contributed by atoms with Gasteiger partial charge in [-0.2, -0.15) is 0 Å². The van der Waals surface area contributed by atoms with Gasteiger partial charge in [0.05, 0.1) is 61.8 Å². The number of amides is 8. The molecule has 84 heavy (non-hydrogen) atoms. The highest BCUT2D eigenvalue weighted by molar-refractivity contribution is 7.09. The second-order valence-corrected chi connectivity index (χ2v) is 22.9. The van der Waals surface area contributed by atoms with E-state index >= 15 is 0 Å². The molecule has 2 heterocycles. The third kappa shape index (κ3) is 26.9.